The number of aromatic nitrogens is 2. The average Bonchev–Trinajstić information content (AvgIpc) is 3.99. The third kappa shape index (κ3) is 4.65. The summed E-state index contributed by atoms with van der Waals surface area (Å²) in [6, 6.07) is 77.0. The lowest BCUT2D eigenvalue weighted by molar-refractivity contribution is 1.02. The molecule has 2 aromatic heterocycles. The molecule has 2 heterocycles. The summed E-state index contributed by atoms with van der Waals surface area (Å²) in [6.45, 7) is 0. The van der Waals surface area contributed by atoms with Gasteiger partial charge in [0.2, 0.25) is 0 Å². The Kier molecular flexibility index (Phi) is 6.70. The SMILES string of the molecule is c1ccc2c(c1)-c1ccccc1C2c1ccc2c(c1)nc1c3ccc(C4c5ccccc5-c5ccccc54)cc3c3ccc(-c4ccc5c(ccc6ccccc65)c4)cc3n21. The number of pyridine rings is 1. The molecule has 0 bridgehead atoms. The second-order valence-corrected chi connectivity index (χ2v) is 17.0. The van der Waals surface area contributed by atoms with Crippen LogP contribution in [0.3, 0.4) is 0 Å². The lowest BCUT2D eigenvalue weighted by atomic mass is 9.87. The van der Waals surface area contributed by atoms with E-state index in [0.717, 1.165) is 27.6 Å². The van der Waals surface area contributed by atoms with Crippen LogP contribution in [0.2, 0.25) is 0 Å². The first kappa shape index (κ1) is 33.1. The van der Waals surface area contributed by atoms with Crippen molar-refractivity contribution in [3.63, 3.8) is 0 Å². The van der Waals surface area contributed by atoms with Crippen molar-refractivity contribution in [2.24, 2.45) is 0 Å². The standard InChI is InChI=1S/C59H36N2/c1-2-12-41-35(11-1)21-22-38-31-36(23-27-42(38)41)37-24-28-47-53-32-39(57-48-17-7-3-13-43(48)44-14-4-8-18-49(44)57)25-29-52(53)59-60-54-33-40(26-30-55(54)61(59)56(47)34-37)58-50-19-9-5-15-45(50)46-16-6-10-20-51(46)58/h1-34,57-58H. The first-order valence-electron chi connectivity index (χ1n) is 21.3. The molecule has 2 aliphatic rings. The fourth-order valence-electron chi connectivity index (χ4n) is 11.2. The Morgan fingerprint density at radius 2 is 0.836 bits per heavy atom. The van der Waals surface area contributed by atoms with E-state index in [9.17, 15) is 0 Å². The van der Waals surface area contributed by atoms with Crippen LogP contribution in [0, 0.1) is 0 Å². The molecule has 2 nitrogen and oxygen atoms in total. The average molecular weight is 773 g/mol. The lowest BCUT2D eigenvalue weighted by Crippen LogP contribution is -2.00. The van der Waals surface area contributed by atoms with Gasteiger partial charge in [-0.15, -0.1) is 0 Å². The fraction of sp³-hybridized carbons (Fsp3) is 0.0339. The molecule has 0 saturated heterocycles. The second-order valence-electron chi connectivity index (χ2n) is 17.0. The summed E-state index contributed by atoms with van der Waals surface area (Å²) >= 11 is 0. The molecular weight excluding hydrogens is 737 g/mol. The van der Waals surface area contributed by atoms with Crippen LogP contribution in [0.25, 0.3) is 93.3 Å². The van der Waals surface area contributed by atoms with Gasteiger partial charge in [-0.25, -0.2) is 4.98 Å². The Bertz CT molecular complexity index is 3760. The molecule has 2 heteroatoms. The highest BCUT2D eigenvalue weighted by Gasteiger charge is 2.31. The highest BCUT2D eigenvalue weighted by atomic mass is 15.0. The van der Waals surface area contributed by atoms with Crippen LogP contribution in [-0.2, 0) is 0 Å². The molecule has 0 saturated carbocycles. The molecule has 0 atom stereocenters. The third-order valence-corrected chi connectivity index (χ3v) is 13.9. The largest absolute Gasteiger partial charge is 0.292 e. The van der Waals surface area contributed by atoms with Crippen molar-refractivity contribution in [3.8, 4) is 33.4 Å². The molecule has 12 aromatic rings. The summed E-state index contributed by atoms with van der Waals surface area (Å²) in [6.07, 6.45) is 0. The Hall–Kier alpha value is -7.81. The molecule has 0 aliphatic heterocycles. The van der Waals surface area contributed by atoms with Crippen LogP contribution < -0.4 is 0 Å². The number of hydrogen-bond acceptors (Lipinski definition) is 1. The monoisotopic (exact) mass is 772 g/mol. The third-order valence-electron chi connectivity index (χ3n) is 13.9. The van der Waals surface area contributed by atoms with E-state index in [1.807, 2.05) is 0 Å². The summed E-state index contributed by atoms with van der Waals surface area (Å²) in [5.74, 6) is 0.320. The molecule has 282 valence electrons. The topological polar surface area (TPSA) is 17.3 Å². The zero-order valence-electron chi connectivity index (χ0n) is 33.2. The summed E-state index contributed by atoms with van der Waals surface area (Å²) < 4.78 is 2.42. The van der Waals surface area contributed by atoms with Crippen molar-refractivity contribution in [3.05, 3.63) is 240 Å². The van der Waals surface area contributed by atoms with Gasteiger partial charge in [0.25, 0.3) is 0 Å². The van der Waals surface area contributed by atoms with E-state index in [0.29, 0.717) is 0 Å². The van der Waals surface area contributed by atoms with E-state index in [1.54, 1.807) is 0 Å². The van der Waals surface area contributed by atoms with E-state index in [4.69, 9.17) is 4.98 Å². The fourth-order valence-corrected chi connectivity index (χ4v) is 11.2. The van der Waals surface area contributed by atoms with Crippen LogP contribution in [0.5, 0.6) is 0 Å². The Balaban J connectivity index is 1.01. The van der Waals surface area contributed by atoms with Crippen molar-refractivity contribution >= 4 is 59.9 Å². The molecule has 0 fully saturated rings. The summed E-state index contributed by atoms with van der Waals surface area (Å²) in [4.78, 5) is 5.57. The molecule has 10 aromatic carbocycles. The van der Waals surface area contributed by atoms with E-state index in [2.05, 4.69) is 211 Å². The van der Waals surface area contributed by atoms with Crippen LogP contribution in [-0.4, -0.2) is 9.38 Å². The van der Waals surface area contributed by atoms with Gasteiger partial charge in [-0.2, -0.15) is 0 Å². The normalized spacial score (nSPS) is 13.4. The minimum absolute atomic E-state index is 0.159. The maximum atomic E-state index is 5.57. The quantitative estimate of drug-likeness (QED) is 0.164. The number of imidazole rings is 1. The van der Waals surface area contributed by atoms with Gasteiger partial charge in [0.15, 0.2) is 0 Å². The van der Waals surface area contributed by atoms with Gasteiger partial charge in [-0.3, -0.25) is 4.40 Å². The highest BCUT2D eigenvalue weighted by Crippen LogP contribution is 2.50. The number of nitrogens with zero attached hydrogens (tertiary/aromatic N) is 2. The first-order chi connectivity index (χ1) is 30.2. The molecule has 0 N–H and O–H groups in total. The number of benzene rings is 10. The summed E-state index contributed by atoms with van der Waals surface area (Å²) in [7, 11) is 0. The second kappa shape index (κ2) is 12.4. The van der Waals surface area contributed by atoms with Gasteiger partial charge in [0.1, 0.15) is 5.65 Å². The molecule has 61 heavy (non-hydrogen) atoms. The van der Waals surface area contributed by atoms with Crippen molar-refractivity contribution in [1.82, 2.24) is 9.38 Å². The van der Waals surface area contributed by atoms with E-state index in [-0.39, 0.29) is 11.8 Å². The molecule has 2 aliphatic carbocycles. The zero-order valence-corrected chi connectivity index (χ0v) is 33.2. The van der Waals surface area contributed by atoms with Gasteiger partial charge in [0.05, 0.1) is 16.6 Å². The van der Waals surface area contributed by atoms with E-state index >= 15 is 0 Å². The van der Waals surface area contributed by atoms with Crippen LogP contribution in [0.4, 0.5) is 0 Å². The maximum absolute atomic E-state index is 5.57. The minimum Gasteiger partial charge on any atom is -0.292 e. The van der Waals surface area contributed by atoms with Crippen LogP contribution in [0.15, 0.2) is 206 Å². The van der Waals surface area contributed by atoms with Gasteiger partial charge in [0, 0.05) is 22.6 Å². The molecule has 0 unspecified atom stereocenters. The van der Waals surface area contributed by atoms with Crippen molar-refractivity contribution in [2.45, 2.75) is 11.8 Å². The summed E-state index contributed by atoms with van der Waals surface area (Å²) in [5.41, 5.74) is 20.0. The zero-order chi connectivity index (χ0) is 39.8. The smallest absolute Gasteiger partial charge is 0.146 e. The van der Waals surface area contributed by atoms with E-state index in [1.165, 1.54) is 99.1 Å². The predicted molar refractivity (Wildman–Crippen MR) is 254 cm³/mol. The maximum Gasteiger partial charge on any atom is 0.146 e. The van der Waals surface area contributed by atoms with Crippen molar-refractivity contribution < 1.29 is 0 Å². The van der Waals surface area contributed by atoms with Crippen LogP contribution in [0.1, 0.15) is 45.2 Å². The van der Waals surface area contributed by atoms with Crippen molar-refractivity contribution in [2.75, 3.05) is 0 Å². The predicted octanol–water partition coefficient (Wildman–Crippen LogP) is 15.1. The molecule has 0 radical (unpaired) electrons. The lowest BCUT2D eigenvalue weighted by Gasteiger charge is -2.17. The number of rotatable bonds is 3. The Morgan fingerprint density at radius 3 is 1.51 bits per heavy atom. The van der Waals surface area contributed by atoms with Gasteiger partial charge >= 0.3 is 0 Å². The molecule has 0 spiro atoms. The number of hydrogen-bond donors (Lipinski definition) is 0. The molecule has 0 amide bonds. The highest BCUT2D eigenvalue weighted by molar-refractivity contribution is 6.15. The van der Waals surface area contributed by atoms with E-state index < -0.39 is 0 Å². The van der Waals surface area contributed by atoms with Gasteiger partial charge < -0.3 is 0 Å². The summed E-state index contributed by atoms with van der Waals surface area (Å²) in [5, 5.41) is 8.70. The van der Waals surface area contributed by atoms with Crippen molar-refractivity contribution in [1.29, 1.82) is 0 Å². The van der Waals surface area contributed by atoms with Crippen LogP contribution >= 0.6 is 0 Å². The van der Waals surface area contributed by atoms with Gasteiger partial charge in [-0.1, -0.05) is 176 Å². The molecule has 14 rings (SSSR count). The Morgan fingerprint density at radius 1 is 0.328 bits per heavy atom. The number of fused-ring (bicyclic) bond motifs is 17. The van der Waals surface area contributed by atoms with Gasteiger partial charge in [-0.05, 0) is 124 Å². The first-order valence-corrected chi connectivity index (χ1v) is 21.3. The minimum atomic E-state index is 0.159. The Labute approximate surface area is 352 Å². The molecular formula is C59H36N2.